The summed E-state index contributed by atoms with van der Waals surface area (Å²) in [6, 6.07) is 20.1. The number of ether oxygens (including phenoxy) is 3. The second-order valence-electron chi connectivity index (χ2n) is 11.3. The Balaban J connectivity index is 1.01. The number of rotatable bonds is 10. The van der Waals surface area contributed by atoms with E-state index in [1.807, 2.05) is 54.6 Å². The molecule has 2 aliphatic rings. The van der Waals surface area contributed by atoms with Crippen molar-refractivity contribution < 1.29 is 45.3 Å². The van der Waals surface area contributed by atoms with Crippen LogP contribution in [0, 0.1) is 0 Å². The number of carbonyl (C=O) groups is 1. The summed E-state index contributed by atoms with van der Waals surface area (Å²) in [7, 11) is 0. The first-order chi connectivity index (χ1) is 21.9. The van der Waals surface area contributed by atoms with Crippen LogP contribution in [0.5, 0.6) is 11.5 Å². The molecule has 1 N–H and O–H groups in total. The number of piperazine rings is 1. The lowest BCUT2D eigenvalue weighted by Crippen LogP contribution is -2.50. The Bertz CT molecular complexity index is 1420. The maximum Gasteiger partial charge on any atom is 0.573 e. The molecule has 3 aromatic rings. The first kappa shape index (κ1) is 33.2. The van der Waals surface area contributed by atoms with Crippen molar-refractivity contribution >= 4 is 17.3 Å². The lowest BCUT2D eigenvalue weighted by Gasteiger charge is -2.36. The number of amides is 1. The molecule has 1 saturated carbocycles. The highest BCUT2D eigenvalue weighted by atomic mass is 19.4. The highest BCUT2D eigenvalue weighted by Gasteiger charge is 2.39. The average molecular weight is 652 g/mol. The molecule has 7 nitrogen and oxygen atoms in total. The average Bonchev–Trinajstić information content (AvgIpc) is 3.04. The van der Waals surface area contributed by atoms with Gasteiger partial charge in [0.25, 0.3) is 0 Å². The van der Waals surface area contributed by atoms with Crippen LogP contribution in [0.2, 0.25) is 0 Å². The number of nitrogens with zero attached hydrogens (tertiary/aromatic N) is 2. The summed E-state index contributed by atoms with van der Waals surface area (Å²) in [6.07, 6.45) is -8.12. The predicted octanol–water partition coefficient (Wildman–Crippen LogP) is 7.27. The van der Waals surface area contributed by atoms with E-state index >= 15 is 0 Å². The van der Waals surface area contributed by atoms with Gasteiger partial charge in [-0.25, -0.2) is 0 Å². The van der Waals surface area contributed by atoms with Crippen molar-refractivity contribution in [1.29, 1.82) is 0 Å². The van der Waals surface area contributed by atoms with Gasteiger partial charge in [0.2, 0.25) is 5.91 Å². The number of hydrogen-bond acceptors (Lipinski definition) is 6. The third-order valence-corrected chi connectivity index (χ3v) is 8.08. The molecule has 1 heterocycles. The molecule has 5 rings (SSSR count). The predicted molar refractivity (Wildman–Crippen MR) is 160 cm³/mol. The Hall–Kier alpha value is -4.13. The molecule has 1 amide bonds. The molecule has 248 valence electrons. The quantitative estimate of drug-likeness (QED) is 0.233. The molecular formula is C33H35F6N3O4. The van der Waals surface area contributed by atoms with E-state index in [0.29, 0.717) is 70.6 Å². The molecule has 2 fully saturated rings. The van der Waals surface area contributed by atoms with Gasteiger partial charge in [0, 0.05) is 43.6 Å². The van der Waals surface area contributed by atoms with Crippen LogP contribution in [0.1, 0.15) is 36.8 Å². The van der Waals surface area contributed by atoms with Crippen molar-refractivity contribution in [3.63, 3.8) is 0 Å². The van der Waals surface area contributed by atoms with E-state index in [4.69, 9.17) is 9.47 Å². The second kappa shape index (κ2) is 14.5. The van der Waals surface area contributed by atoms with Crippen molar-refractivity contribution in [3.05, 3.63) is 83.9 Å². The molecule has 0 aromatic heterocycles. The van der Waals surface area contributed by atoms with Gasteiger partial charge in [0.1, 0.15) is 24.7 Å². The fraction of sp³-hybridized carbons (Fsp3) is 0.424. The maximum atomic E-state index is 13.4. The number of hydrogen-bond donors (Lipinski definition) is 1. The van der Waals surface area contributed by atoms with Crippen LogP contribution in [-0.4, -0.2) is 62.1 Å². The molecule has 0 bridgehead atoms. The summed E-state index contributed by atoms with van der Waals surface area (Å²) in [6.45, 7) is 2.95. The molecule has 1 saturated heterocycles. The molecular weight excluding hydrogens is 616 g/mol. The van der Waals surface area contributed by atoms with Crippen molar-refractivity contribution in [2.45, 2.75) is 57.0 Å². The minimum absolute atomic E-state index is 0.0490. The van der Waals surface area contributed by atoms with Crippen LogP contribution >= 0.6 is 0 Å². The SMILES string of the molecule is O=C(COC1CCC(Nc2ccc(OC(F)(F)F)c(C(F)(F)F)c2)CC1)N1CCN(c2ccc(OCc3ccccc3)cc2)CC1. The van der Waals surface area contributed by atoms with Crippen LogP contribution in [0.15, 0.2) is 72.8 Å². The summed E-state index contributed by atoms with van der Waals surface area (Å²) >= 11 is 0. The third kappa shape index (κ3) is 9.44. The molecule has 0 atom stereocenters. The highest BCUT2D eigenvalue weighted by Crippen LogP contribution is 2.40. The van der Waals surface area contributed by atoms with E-state index in [9.17, 15) is 31.1 Å². The van der Waals surface area contributed by atoms with Crippen LogP contribution in [0.25, 0.3) is 0 Å². The van der Waals surface area contributed by atoms with E-state index in [1.54, 1.807) is 4.90 Å². The molecule has 3 aromatic carbocycles. The standard InChI is InChI=1S/C33H35F6N3O4/c34-32(35,36)29-20-25(8-15-30(29)46-33(37,38)39)40-24-6-11-27(12-7-24)45-22-31(43)42-18-16-41(17-19-42)26-9-13-28(14-10-26)44-21-23-4-2-1-3-5-23/h1-5,8-10,13-15,20,24,27,40H,6-7,11-12,16-19,21-22H2. The van der Waals surface area contributed by atoms with Crippen LogP contribution in [0.3, 0.4) is 0 Å². The number of nitrogens with one attached hydrogen (secondary N) is 1. The molecule has 46 heavy (non-hydrogen) atoms. The highest BCUT2D eigenvalue weighted by molar-refractivity contribution is 5.77. The van der Waals surface area contributed by atoms with Crippen molar-refractivity contribution in [1.82, 2.24) is 4.90 Å². The molecule has 0 spiro atoms. The zero-order valence-electron chi connectivity index (χ0n) is 24.9. The van der Waals surface area contributed by atoms with Crippen molar-refractivity contribution in [2.75, 3.05) is 43.0 Å². The van der Waals surface area contributed by atoms with Crippen LogP contribution in [-0.2, 0) is 22.3 Å². The number of carbonyl (C=O) groups excluding carboxylic acids is 1. The Morgan fingerprint density at radius 3 is 2.13 bits per heavy atom. The Morgan fingerprint density at radius 2 is 1.50 bits per heavy atom. The maximum absolute atomic E-state index is 13.4. The Kier molecular flexibility index (Phi) is 10.5. The van der Waals surface area contributed by atoms with Gasteiger partial charge >= 0.3 is 12.5 Å². The second-order valence-corrected chi connectivity index (χ2v) is 11.3. The monoisotopic (exact) mass is 651 g/mol. The van der Waals surface area contributed by atoms with Crippen molar-refractivity contribution in [2.24, 2.45) is 0 Å². The van der Waals surface area contributed by atoms with E-state index in [2.05, 4.69) is 15.0 Å². The summed E-state index contributed by atoms with van der Waals surface area (Å²) < 4.78 is 93.0. The largest absolute Gasteiger partial charge is 0.573 e. The fourth-order valence-electron chi connectivity index (χ4n) is 5.65. The molecule has 13 heteroatoms. The molecule has 1 aliphatic heterocycles. The van der Waals surface area contributed by atoms with Crippen molar-refractivity contribution in [3.8, 4) is 11.5 Å². The normalized spacial score (nSPS) is 19.1. The Morgan fingerprint density at radius 1 is 0.826 bits per heavy atom. The minimum atomic E-state index is -5.24. The van der Waals surface area contributed by atoms with Crippen LogP contribution < -0.4 is 19.7 Å². The zero-order valence-corrected chi connectivity index (χ0v) is 24.9. The van der Waals surface area contributed by atoms with Gasteiger partial charge < -0.3 is 29.3 Å². The topological polar surface area (TPSA) is 63.3 Å². The molecule has 0 unspecified atom stereocenters. The Labute approximate surface area is 263 Å². The number of benzene rings is 3. The van der Waals surface area contributed by atoms with Gasteiger partial charge in [-0.15, -0.1) is 13.2 Å². The van der Waals surface area contributed by atoms with E-state index in [0.717, 1.165) is 23.1 Å². The number of halogens is 6. The number of alkyl halides is 6. The zero-order chi connectivity index (χ0) is 32.7. The summed E-state index contributed by atoms with van der Waals surface area (Å²) in [4.78, 5) is 16.8. The summed E-state index contributed by atoms with van der Waals surface area (Å²) in [5.74, 6) is -0.606. The van der Waals surface area contributed by atoms with E-state index in [-0.39, 0.29) is 30.3 Å². The molecule has 1 aliphatic carbocycles. The van der Waals surface area contributed by atoms with E-state index < -0.39 is 23.9 Å². The molecule has 0 radical (unpaired) electrons. The minimum Gasteiger partial charge on any atom is -0.489 e. The first-order valence-electron chi connectivity index (χ1n) is 15.1. The van der Waals surface area contributed by atoms with Gasteiger partial charge in [0.05, 0.1) is 11.7 Å². The lowest BCUT2D eigenvalue weighted by molar-refractivity contribution is -0.276. The van der Waals surface area contributed by atoms with Gasteiger partial charge in [-0.3, -0.25) is 4.79 Å². The summed E-state index contributed by atoms with van der Waals surface area (Å²) in [5, 5.41) is 2.97. The van der Waals surface area contributed by atoms with Gasteiger partial charge in [-0.1, -0.05) is 30.3 Å². The lowest BCUT2D eigenvalue weighted by atomic mass is 9.92. The first-order valence-corrected chi connectivity index (χ1v) is 15.1. The number of anilines is 2. The van der Waals surface area contributed by atoms with Gasteiger partial charge in [-0.05, 0) is 73.7 Å². The third-order valence-electron chi connectivity index (χ3n) is 8.08. The smallest absolute Gasteiger partial charge is 0.489 e. The fourth-order valence-corrected chi connectivity index (χ4v) is 5.65. The summed E-state index contributed by atoms with van der Waals surface area (Å²) in [5.41, 5.74) is 0.694. The van der Waals surface area contributed by atoms with Gasteiger partial charge in [0.15, 0.2) is 0 Å². The van der Waals surface area contributed by atoms with Gasteiger partial charge in [-0.2, -0.15) is 13.2 Å². The van der Waals surface area contributed by atoms with E-state index in [1.165, 1.54) is 0 Å². The van der Waals surface area contributed by atoms with Crippen LogP contribution in [0.4, 0.5) is 37.7 Å².